The van der Waals surface area contributed by atoms with Crippen molar-refractivity contribution < 1.29 is 5.11 Å². The van der Waals surface area contributed by atoms with Crippen molar-refractivity contribution in [3.63, 3.8) is 0 Å². The molecule has 0 saturated carbocycles. The lowest BCUT2D eigenvalue weighted by atomic mass is 10.1. The van der Waals surface area contributed by atoms with Crippen molar-refractivity contribution in [2.24, 2.45) is 0 Å². The quantitative estimate of drug-likeness (QED) is 0.674. The molecule has 0 unspecified atom stereocenters. The van der Waals surface area contributed by atoms with E-state index in [0.717, 1.165) is 0 Å². The van der Waals surface area contributed by atoms with Crippen molar-refractivity contribution >= 4 is 27.5 Å². The Bertz CT molecular complexity index is 101. The standard InChI is InChI=1S/C5H8BrClO/c1-4(7)5(2,8)3-6/h8H,1,3H2,2H3/t5-/m1/s1. The number of halogens is 2. The van der Waals surface area contributed by atoms with Crippen molar-refractivity contribution in [2.45, 2.75) is 12.5 Å². The summed E-state index contributed by atoms with van der Waals surface area (Å²) in [7, 11) is 0. The molecule has 0 aromatic carbocycles. The molecule has 48 valence electrons. The monoisotopic (exact) mass is 198 g/mol. The van der Waals surface area contributed by atoms with Crippen LogP contribution in [0.25, 0.3) is 0 Å². The highest BCUT2D eigenvalue weighted by atomic mass is 79.9. The Morgan fingerprint density at radius 3 is 2.38 bits per heavy atom. The maximum absolute atomic E-state index is 9.12. The molecule has 0 rings (SSSR count). The highest BCUT2D eigenvalue weighted by Gasteiger charge is 2.20. The Hall–Kier alpha value is 0.470. The van der Waals surface area contributed by atoms with Gasteiger partial charge in [0.2, 0.25) is 0 Å². The Balaban J connectivity index is 3.91. The van der Waals surface area contributed by atoms with E-state index in [-0.39, 0.29) is 5.03 Å². The number of hydrogen-bond donors (Lipinski definition) is 1. The molecule has 0 saturated heterocycles. The van der Waals surface area contributed by atoms with Gasteiger partial charge in [-0.25, -0.2) is 0 Å². The molecule has 0 fully saturated rings. The van der Waals surface area contributed by atoms with E-state index in [9.17, 15) is 0 Å². The van der Waals surface area contributed by atoms with Gasteiger partial charge in [-0.1, -0.05) is 34.1 Å². The normalized spacial score (nSPS) is 17.5. The van der Waals surface area contributed by atoms with Crippen LogP contribution in [0, 0.1) is 0 Å². The van der Waals surface area contributed by atoms with Crippen molar-refractivity contribution in [1.29, 1.82) is 0 Å². The molecule has 0 spiro atoms. The summed E-state index contributed by atoms with van der Waals surface area (Å²) in [6.45, 7) is 4.98. The van der Waals surface area contributed by atoms with Crippen LogP contribution in [0.4, 0.5) is 0 Å². The second-order valence-electron chi connectivity index (χ2n) is 1.81. The minimum absolute atomic E-state index is 0.259. The molecular formula is C5H8BrClO. The molecule has 8 heavy (non-hydrogen) atoms. The SMILES string of the molecule is C=C(Cl)[C@](C)(O)CBr. The topological polar surface area (TPSA) is 20.2 Å². The van der Waals surface area contributed by atoms with Crippen LogP contribution in [0.5, 0.6) is 0 Å². The van der Waals surface area contributed by atoms with E-state index < -0.39 is 5.60 Å². The summed E-state index contributed by atoms with van der Waals surface area (Å²) in [5, 5.41) is 9.80. The Labute approximate surface area is 62.5 Å². The summed E-state index contributed by atoms with van der Waals surface area (Å²) in [6, 6.07) is 0. The van der Waals surface area contributed by atoms with Crippen LogP contribution < -0.4 is 0 Å². The first-order chi connectivity index (χ1) is 3.50. The van der Waals surface area contributed by atoms with Crippen molar-refractivity contribution in [2.75, 3.05) is 5.33 Å². The number of rotatable bonds is 2. The van der Waals surface area contributed by atoms with Gasteiger partial charge in [0.1, 0.15) is 5.60 Å². The Kier molecular flexibility index (Phi) is 3.02. The van der Waals surface area contributed by atoms with E-state index >= 15 is 0 Å². The molecule has 0 heterocycles. The van der Waals surface area contributed by atoms with Crippen molar-refractivity contribution in [1.82, 2.24) is 0 Å². The molecule has 1 atom stereocenters. The van der Waals surface area contributed by atoms with Crippen LogP contribution >= 0.6 is 27.5 Å². The molecule has 0 bridgehead atoms. The van der Waals surface area contributed by atoms with Gasteiger partial charge in [-0.2, -0.15) is 0 Å². The highest BCUT2D eigenvalue weighted by Crippen LogP contribution is 2.19. The molecule has 0 aliphatic heterocycles. The van der Waals surface area contributed by atoms with Gasteiger partial charge in [0.15, 0.2) is 0 Å². The zero-order valence-corrected chi connectivity index (χ0v) is 6.96. The maximum Gasteiger partial charge on any atom is 0.106 e. The first-order valence-electron chi connectivity index (χ1n) is 2.14. The van der Waals surface area contributed by atoms with Gasteiger partial charge in [-0.05, 0) is 6.92 Å². The zero-order valence-electron chi connectivity index (χ0n) is 4.62. The largest absolute Gasteiger partial charge is 0.384 e. The van der Waals surface area contributed by atoms with Gasteiger partial charge in [0, 0.05) is 10.4 Å². The average Bonchev–Trinajstić information content (AvgIpc) is 1.67. The summed E-state index contributed by atoms with van der Waals surface area (Å²) < 4.78 is 0. The van der Waals surface area contributed by atoms with Crippen LogP contribution in [-0.4, -0.2) is 16.0 Å². The molecule has 0 aliphatic carbocycles. The van der Waals surface area contributed by atoms with Crippen LogP contribution in [0.3, 0.4) is 0 Å². The van der Waals surface area contributed by atoms with E-state index in [0.29, 0.717) is 5.33 Å². The van der Waals surface area contributed by atoms with E-state index in [1.807, 2.05) is 0 Å². The van der Waals surface area contributed by atoms with Gasteiger partial charge in [-0.15, -0.1) is 0 Å². The smallest absolute Gasteiger partial charge is 0.106 e. The number of aliphatic hydroxyl groups is 1. The molecule has 3 heteroatoms. The molecule has 0 aromatic heterocycles. The minimum Gasteiger partial charge on any atom is -0.384 e. The van der Waals surface area contributed by atoms with Gasteiger partial charge in [-0.3, -0.25) is 0 Å². The molecule has 1 N–H and O–H groups in total. The third kappa shape index (κ3) is 2.16. The summed E-state index contributed by atoms with van der Waals surface area (Å²) in [4.78, 5) is 0. The van der Waals surface area contributed by atoms with Crippen LogP contribution in [-0.2, 0) is 0 Å². The number of hydrogen-bond acceptors (Lipinski definition) is 1. The summed E-state index contributed by atoms with van der Waals surface area (Å²) >= 11 is 8.47. The maximum atomic E-state index is 9.12. The molecule has 1 nitrogen and oxygen atoms in total. The molecule has 0 aliphatic rings. The molecular weight excluding hydrogens is 191 g/mol. The first-order valence-corrected chi connectivity index (χ1v) is 3.64. The second kappa shape index (κ2) is 2.85. The fourth-order valence-corrected chi connectivity index (χ4v) is 0.639. The lowest BCUT2D eigenvalue weighted by Crippen LogP contribution is -2.25. The summed E-state index contributed by atoms with van der Waals surface area (Å²) in [6.07, 6.45) is 0. The summed E-state index contributed by atoms with van der Waals surface area (Å²) in [5.74, 6) is 0. The van der Waals surface area contributed by atoms with E-state index in [1.165, 1.54) is 0 Å². The third-order valence-electron chi connectivity index (χ3n) is 0.845. The molecule has 0 radical (unpaired) electrons. The highest BCUT2D eigenvalue weighted by molar-refractivity contribution is 9.09. The van der Waals surface area contributed by atoms with E-state index in [4.69, 9.17) is 16.7 Å². The lowest BCUT2D eigenvalue weighted by Gasteiger charge is -2.17. The zero-order chi connectivity index (χ0) is 6.78. The minimum atomic E-state index is -0.971. The van der Waals surface area contributed by atoms with Crippen molar-refractivity contribution in [3.05, 3.63) is 11.6 Å². The van der Waals surface area contributed by atoms with Gasteiger partial charge < -0.3 is 5.11 Å². The molecule has 0 aromatic rings. The second-order valence-corrected chi connectivity index (χ2v) is 2.83. The first kappa shape index (κ1) is 8.47. The van der Waals surface area contributed by atoms with Crippen molar-refractivity contribution in [3.8, 4) is 0 Å². The van der Waals surface area contributed by atoms with Crippen LogP contribution in [0.1, 0.15) is 6.92 Å². The fraction of sp³-hybridized carbons (Fsp3) is 0.600. The third-order valence-corrected chi connectivity index (χ3v) is 2.34. The average molecular weight is 199 g/mol. The number of alkyl halides is 1. The van der Waals surface area contributed by atoms with E-state index in [1.54, 1.807) is 6.92 Å². The fourth-order valence-electron chi connectivity index (χ4n) is 0.0725. The Morgan fingerprint density at radius 1 is 2.00 bits per heavy atom. The van der Waals surface area contributed by atoms with Crippen LogP contribution in [0.15, 0.2) is 11.6 Å². The summed E-state index contributed by atoms with van der Waals surface area (Å²) in [5.41, 5.74) is -0.971. The predicted molar refractivity (Wildman–Crippen MR) is 39.4 cm³/mol. The van der Waals surface area contributed by atoms with Crippen LogP contribution in [0.2, 0.25) is 0 Å². The van der Waals surface area contributed by atoms with Gasteiger partial charge >= 0.3 is 0 Å². The predicted octanol–water partition coefficient (Wildman–Crippen LogP) is 1.88. The van der Waals surface area contributed by atoms with Gasteiger partial charge in [0.25, 0.3) is 0 Å². The lowest BCUT2D eigenvalue weighted by molar-refractivity contribution is 0.135. The van der Waals surface area contributed by atoms with Gasteiger partial charge in [0.05, 0.1) is 0 Å². The molecule has 0 amide bonds. The Morgan fingerprint density at radius 2 is 2.38 bits per heavy atom. The van der Waals surface area contributed by atoms with E-state index in [2.05, 4.69) is 22.5 Å².